The van der Waals surface area contributed by atoms with E-state index in [0.717, 1.165) is 12.8 Å². The van der Waals surface area contributed by atoms with E-state index in [4.69, 9.17) is 11.6 Å². The summed E-state index contributed by atoms with van der Waals surface area (Å²) in [6.45, 7) is 0. The van der Waals surface area contributed by atoms with Crippen LogP contribution in [0.25, 0.3) is 0 Å². The second-order valence-electron chi connectivity index (χ2n) is 3.02. The minimum Gasteiger partial charge on any atom is -0.0971 e. The Balaban J connectivity index is 1.96. The summed E-state index contributed by atoms with van der Waals surface area (Å²) in [5.41, 5.74) is 0. The molecule has 0 amide bonds. The van der Waals surface area contributed by atoms with E-state index in [0.29, 0.717) is 0 Å². The lowest BCUT2D eigenvalue weighted by Gasteiger charge is -2.01. The van der Waals surface area contributed by atoms with Crippen LogP contribution < -0.4 is 5.30 Å². The molecule has 2 rings (SSSR count). The fraction of sp³-hybridized carbons (Fsp3) is 0. The molecule has 0 heterocycles. The zero-order valence-corrected chi connectivity index (χ0v) is 10.6. The molecule has 1 atom stereocenters. The van der Waals surface area contributed by atoms with Gasteiger partial charge in [-0.05, 0) is 37.4 Å². The summed E-state index contributed by atoms with van der Waals surface area (Å²) in [4.78, 5) is 1.27. The molecule has 0 radical (unpaired) electrons. The molecular weight excluding hydrogens is 243 g/mol. The smallest absolute Gasteiger partial charge is 0.0406 e. The van der Waals surface area contributed by atoms with E-state index in [2.05, 4.69) is 36.4 Å². The Hall–Kier alpha value is -0.490. The second kappa shape index (κ2) is 5.55. The van der Waals surface area contributed by atoms with Crippen molar-refractivity contribution in [3.8, 4) is 0 Å². The Kier molecular flexibility index (Phi) is 4.08. The van der Waals surface area contributed by atoms with E-state index < -0.39 is 0 Å². The van der Waals surface area contributed by atoms with Crippen LogP contribution in [0.3, 0.4) is 0 Å². The van der Waals surface area contributed by atoms with Crippen molar-refractivity contribution >= 4 is 36.1 Å². The predicted octanol–water partition coefficient (Wildman–Crippen LogP) is 4.35. The van der Waals surface area contributed by atoms with Gasteiger partial charge in [0.1, 0.15) is 0 Å². The first kappa shape index (κ1) is 11.0. The Labute approximate surface area is 101 Å². The molecule has 0 nitrogen and oxygen atoms in total. The van der Waals surface area contributed by atoms with Crippen LogP contribution in [0.15, 0.2) is 59.5 Å². The van der Waals surface area contributed by atoms with Crippen LogP contribution in [0.4, 0.5) is 0 Å². The Morgan fingerprint density at radius 3 is 2.20 bits per heavy atom. The molecule has 2 aromatic carbocycles. The molecule has 0 saturated carbocycles. The normalized spacial score (nSPS) is 11.0. The Bertz CT molecular complexity index is 413. The van der Waals surface area contributed by atoms with Crippen LogP contribution in [0.1, 0.15) is 0 Å². The topological polar surface area (TPSA) is 0 Å². The van der Waals surface area contributed by atoms with Crippen molar-refractivity contribution in [1.29, 1.82) is 0 Å². The zero-order chi connectivity index (χ0) is 10.5. The van der Waals surface area contributed by atoms with Crippen LogP contribution in [0.2, 0.25) is 5.02 Å². The number of hydrogen-bond acceptors (Lipinski definition) is 1. The molecule has 0 aromatic heterocycles. The number of halogens is 1. The third-order valence-electron chi connectivity index (χ3n) is 1.87. The van der Waals surface area contributed by atoms with E-state index in [9.17, 15) is 0 Å². The summed E-state index contributed by atoms with van der Waals surface area (Å²) in [5.74, 6) is 0. The van der Waals surface area contributed by atoms with E-state index in [-0.39, 0.29) is 0 Å². The quantitative estimate of drug-likeness (QED) is 0.732. The minimum atomic E-state index is 0.752. The predicted molar refractivity (Wildman–Crippen MR) is 71.7 cm³/mol. The lowest BCUT2D eigenvalue weighted by molar-refractivity contribution is 1.48. The van der Waals surface area contributed by atoms with Crippen molar-refractivity contribution in [2.45, 2.75) is 4.90 Å². The standard InChI is InChI=1S/C12H10ClPS/c13-10-6-8-12(9-7-10)15-14-11-4-2-1-3-5-11/h1-9,14H. The van der Waals surface area contributed by atoms with Crippen LogP contribution >= 0.6 is 30.8 Å². The maximum absolute atomic E-state index is 5.82. The van der Waals surface area contributed by atoms with Crippen LogP contribution in [-0.4, -0.2) is 0 Å². The Morgan fingerprint density at radius 2 is 1.53 bits per heavy atom. The SMILES string of the molecule is Clc1ccc(SPc2ccccc2)cc1. The van der Waals surface area contributed by atoms with Crippen molar-refractivity contribution in [3.05, 3.63) is 59.6 Å². The zero-order valence-electron chi connectivity index (χ0n) is 7.98. The summed E-state index contributed by atoms with van der Waals surface area (Å²) in [5, 5.41) is 2.17. The molecule has 0 saturated heterocycles. The van der Waals surface area contributed by atoms with Crippen molar-refractivity contribution in [1.82, 2.24) is 0 Å². The van der Waals surface area contributed by atoms with Crippen LogP contribution in [0.5, 0.6) is 0 Å². The highest BCUT2D eigenvalue weighted by Gasteiger charge is 1.95. The van der Waals surface area contributed by atoms with Crippen molar-refractivity contribution in [3.63, 3.8) is 0 Å². The first-order chi connectivity index (χ1) is 7.34. The molecule has 0 aliphatic heterocycles. The lowest BCUT2D eigenvalue weighted by atomic mass is 10.4. The van der Waals surface area contributed by atoms with Gasteiger partial charge in [-0.1, -0.05) is 53.3 Å². The molecule has 76 valence electrons. The second-order valence-corrected chi connectivity index (χ2v) is 6.14. The molecule has 3 heteroatoms. The van der Waals surface area contributed by atoms with Crippen molar-refractivity contribution in [2.24, 2.45) is 0 Å². The van der Waals surface area contributed by atoms with E-state index in [1.807, 2.05) is 29.6 Å². The van der Waals surface area contributed by atoms with Gasteiger partial charge in [-0.2, -0.15) is 0 Å². The van der Waals surface area contributed by atoms with Crippen LogP contribution in [-0.2, 0) is 0 Å². The molecule has 0 aliphatic carbocycles. The van der Waals surface area contributed by atoms with E-state index in [1.165, 1.54) is 10.2 Å². The largest absolute Gasteiger partial charge is 0.0971 e. The molecule has 2 aromatic rings. The molecule has 0 aliphatic rings. The number of benzene rings is 2. The molecule has 0 fully saturated rings. The van der Waals surface area contributed by atoms with E-state index in [1.54, 1.807) is 0 Å². The number of hydrogen-bond donors (Lipinski definition) is 0. The first-order valence-corrected chi connectivity index (χ1v) is 7.50. The van der Waals surface area contributed by atoms with Gasteiger partial charge in [0.25, 0.3) is 0 Å². The Morgan fingerprint density at radius 1 is 0.867 bits per heavy atom. The molecular formula is C12H10ClPS. The van der Waals surface area contributed by atoms with Crippen molar-refractivity contribution in [2.75, 3.05) is 0 Å². The maximum Gasteiger partial charge on any atom is 0.0406 e. The molecule has 0 bridgehead atoms. The third-order valence-corrected chi connectivity index (χ3v) is 5.03. The average molecular weight is 253 g/mol. The molecule has 0 spiro atoms. The van der Waals surface area contributed by atoms with Gasteiger partial charge in [-0.3, -0.25) is 0 Å². The minimum absolute atomic E-state index is 0.752. The van der Waals surface area contributed by atoms with Gasteiger partial charge in [-0.25, -0.2) is 0 Å². The maximum atomic E-state index is 5.82. The van der Waals surface area contributed by atoms with Gasteiger partial charge >= 0.3 is 0 Å². The lowest BCUT2D eigenvalue weighted by Crippen LogP contribution is -1.87. The molecule has 1 unspecified atom stereocenters. The van der Waals surface area contributed by atoms with Crippen LogP contribution in [0, 0.1) is 0 Å². The fourth-order valence-corrected chi connectivity index (χ4v) is 3.61. The van der Waals surface area contributed by atoms with Crippen molar-refractivity contribution < 1.29 is 0 Å². The highest BCUT2D eigenvalue weighted by Crippen LogP contribution is 2.36. The summed E-state index contributed by atoms with van der Waals surface area (Å²) in [7, 11) is 0.752. The average Bonchev–Trinajstić information content (AvgIpc) is 2.30. The van der Waals surface area contributed by atoms with Gasteiger partial charge in [0.05, 0.1) is 0 Å². The van der Waals surface area contributed by atoms with Gasteiger partial charge < -0.3 is 0 Å². The molecule has 0 N–H and O–H groups in total. The highest BCUT2D eigenvalue weighted by molar-refractivity contribution is 8.51. The fourth-order valence-electron chi connectivity index (χ4n) is 1.13. The summed E-state index contributed by atoms with van der Waals surface area (Å²) >= 11 is 7.67. The van der Waals surface area contributed by atoms with Gasteiger partial charge in [-0.15, -0.1) is 0 Å². The summed E-state index contributed by atoms with van der Waals surface area (Å²) in [6, 6.07) is 18.5. The van der Waals surface area contributed by atoms with Gasteiger partial charge in [0, 0.05) is 9.92 Å². The summed E-state index contributed by atoms with van der Waals surface area (Å²) < 4.78 is 0. The first-order valence-electron chi connectivity index (χ1n) is 4.58. The number of rotatable bonds is 3. The van der Waals surface area contributed by atoms with Gasteiger partial charge in [0.2, 0.25) is 0 Å². The van der Waals surface area contributed by atoms with E-state index >= 15 is 0 Å². The molecule has 15 heavy (non-hydrogen) atoms. The van der Waals surface area contributed by atoms with Gasteiger partial charge in [0.15, 0.2) is 0 Å². The third kappa shape index (κ3) is 3.53. The summed E-state index contributed by atoms with van der Waals surface area (Å²) in [6.07, 6.45) is 0. The monoisotopic (exact) mass is 252 g/mol. The highest BCUT2D eigenvalue weighted by atomic mass is 35.5.